The smallest absolute Gasteiger partial charge is 0.0830 e. The SMILES string of the molecule is OC(COC1CCCC1)C12CC3CC(CC(C3)C1)C2. The first-order valence-corrected chi connectivity index (χ1v) is 8.53. The first kappa shape index (κ1) is 12.6. The topological polar surface area (TPSA) is 29.5 Å². The van der Waals surface area contributed by atoms with E-state index in [1.54, 1.807) is 0 Å². The molecule has 0 aromatic heterocycles. The molecule has 0 spiro atoms. The number of hydrogen-bond donors (Lipinski definition) is 1. The lowest BCUT2D eigenvalue weighted by Gasteiger charge is -2.58. The van der Waals surface area contributed by atoms with Crippen molar-refractivity contribution in [3.05, 3.63) is 0 Å². The highest BCUT2D eigenvalue weighted by Crippen LogP contribution is 2.61. The van der Waals surface area contributed by atoms with E-state index in [0.29, 0.717) is 12.7 Å². The molecule has 5 rings (SSSR count). The van der Waals surface area contributed by atoms with Gasteiger partial charge in [0.05, 0.1) is 18.8 Å². The minimum Gasteiger partial charge on any atom is -0.390 e. The molecule has 0 heterocycles. The zero-order valence-corrected chi connectivity index (χ0v) is 12.0. The third kappa shape index (κ3) is 2.25. The summed E-state index contributed by atoms with van der Waals surface area (Å²) in [5, 5.41) is 10.7. The highest BCUT2D eigenvalue weighted by Gasteiger charge is 2.54. The molecule has 2 nitrogen and oxygen atoms in total. The molecule has 5 fully saturated rings. The maximum atomic E-state index is 10.7. The van der Waals surface area contributed by atoms with Gasteiger partial charge < -0.3 is 9.84 Å². The number of aliphatic hydroxyl groups is 1. The summed E-state index contributed by atoms with van der Waals surface area (Å²) < 4.78 is 6.00. The van der Waals surface area contributed by atoms with Crippen LogP contribution in [0.5, 0.6) is 0 Å². The maximum Gasteiger partial charge on any atom is 0.0830 e. The molecule has 4 bridgehead atoms. The van der Waals surface area contributed by atoms with E-state index < -0.39 is 0 Å². The summed E-state index contributed by atoms with van der Waals surface area (Å²) >= 11 is 0. The quantitative estimate of drug-likeness (QED) is 0.842. The van der Waals surface area contributed by atoms with Crippen molar-refractivity contribution in [1.82, 2.24) is 0 Å². The summed E-state index contributed by atoms with van der Waals surface area (Å²) in [4.78, 5) is 0. The molecule has 0 radical (unpaired) electrons. The van der Waals surface area contributed by atoms with E-state index in [1.165, 1.54) is 64.2 Å². The minimum absolute atomic E-state index is 0.193. The van der Waals surface area contributed by atoms with Gasteiger partial charge in [-0.05, 0) is 74.5 Å². The van der Waals surface area contributed by atoms with Crippen LogP contribution in [0.15, 0.2) is 0 Å². The molecule has 5 saturated carbocycles. The van der Waals surface area contributed by atoms with Gasteiger partial charge in [0.2, 0.25) is 0 Å². The van der Waals surface area contributed by atoms with Crippen molar-refractivity contribution in [2.75, 3.05) is 6.61 Å². The Morgan fingerprint density at radius 2 is 1.47 bits per heavy atom. The Morgan fingerprint density at radius 1 is 0.947 bits per heavy atom. The fourth-order valence-corrected chi connectivity index (χ4v) is 6.04. The third-order valence-corrected chi connectivity index (χ3v) is 6.58. The van der Waals surface area contributed by atoms with Gasteiger partial charge in [-0.1, -0.05) is 12.8 Å². The molecular weight excluding hydrogens is 236 g/mol. The standard InChI is InChI=1S/C17H28O2/c18-16(11-19-15-3-1-2-4-15)17-8-12-5-13(9-17)7-14(6-12)10-17/h12-16,18H,1-11H2. The zero-order chi connectivity index (χ0) is 12.9. The van der Waals surface area contributed by atoms with Crippen molar-refractivity contribution in [2.45, 2.75) is 76.4 Å². The first-order valence-electron chi connectivity index (χ1n) is 8.53. The normalized spacial score (nSPS) is 46.9. The molecule has 0 aromatic carbocycles. The number of ether oxygens (including phenoxy) is 1. The zero-order valence-electron chi connectivity index (χ0n) is 12.0. The lowest BCUT2D eigenvalue weighted by molar-refractivity contribution is -0.146. The molecule has 1 N–H and O–H groups in total. The predicted molar refractivity (Wildman–Crippen MR) is 74.8 cm³/mol. The van der Waals surface area contributed by atoms with Crippen molar-refractivity contribution in [3.63, 3.8) is 0 Å². The van der Waals surface area contributed by atoms with Gasteiger partial charge in [-0.3, -0.25) is 0 Å². The van der Waals surface area contributed by atoms with Crippen LogP contribution in [0, 0.1) is 23.2 Å². The van der Waals surface area contributed by atoms with Crippen LogP contribution in [0.3, 0.4) is 0 Å². The number of hydrogen-bond acceptors (Lipinski definition) is 2. The molecule has 19 heavy (non-hydrogen) atoms. The molecule has 0 aromatic rings. The van der Waals surface area contributed by atoms with Gasteiger partial charge in [0.1, 0.15) is 0 Å². The van der Waals surface area contributed by atoms with Crippen LogP contribution in [0.25, 0.3) is 0 Å². The summed E-state index contributed by atoms with van der Waals surface area (Å²) in [6.45, 7) is 0.608. The van der Waals surface area contributed by atoms with Gasteiger partial charge >= 0.3 is 0 Å². The Balaban J connectivity index is 1.40. The van der Waals surface area contributed by atoms with E-state index in [4.69, 9.17) is 4.74 Å². The largest absolute Gasteiger partial charge is 0.390 e. The van der Waals surface area contributed by atoms with Gasteiger partial charge in [0.25, 0.3) is 0 Å². The van der Waals surface area contributed by atoms with E-state index >= 15 is 0 Å². The molecule has 0 aliphatic heterocycles. The van der Waals surface area contributed by atoms with Gasteiger partial charge in [-0.25, -0.2) is 0 Å². The molecule has 1 atom stereocenters. The molecule has 0 amide bonds. The van der Waals surface area contributed by atoms with Gasteiger partial charge in [-0.2, -0.15) is 0 Å². The van der Waals surface area contributed by atoms with Crippen LogP contribution in [0.2, 0.25) is 0 Å². The van der Waals surface area contributed by atoms with Crippen molar-refractivity contribution in [2.24, 2.45) is 23.2 Å². The molecular formula is C17H28O2. The first-order chi connectivity index (χ1) is 9.23. The fraction of sp³-hybridized carbons (Fsp3) is 1.00. The summed E-state index contributed by atoms with van der Waals surface area (Å²) in [5.41, 5.74) is 0.243. The Bertz CT molecular complexity index is 297. The molecule has 0 saturated heterocycles. The predicted octanol–water partition coefficient (Wildman–Crippen LogP) is 3.52. The Labute approximate surface area is 116 Å². The van der Waals surface area contributed by atoms with Gasteiger partial charge in [0, 0.05) is 0 Å². The Morgan fingerprint density at radius 3 is 2.00 bits per heavy atom. The minimum atomic E-state index is -0.193. The van der Waals surface area contributed by atoms with Crippen molar-refractivity contribution >= 4 is 0 Å². The lowest BCUT2D eigenvalue weighted by Crippen LogP contribution is -2.53. The fourth-order valence-electron chi connectivity index (χ4n) is 6.04. The van der Waals surface area contributed by atoms with Crippen LogP contribution >= 0.6 is 0 Å². The van der Waals surface area contributed by atoms with E-state index in [-0.39, 0.29) is 11.5 Å². The van der Waals surface area contributed by atoms with Crippen LogP contribution in [-0.4, -0.2) is 23.9 Å². The summed E-state index contributed by atoms with van der Waals surface area (Å²) in [6.07, 6.45) is 13.5. The Hall–Kier alpha value is -0.0800. The maximum absolute atomic E-state index is 10.7. The van der Waals surface area contributed by atoms with Crippen LogP contribution in [0.1, 0.15) is 64.2 Å². The van der Waals surface area contributed by atoms with Crippen molar-refractivity contribution in [1.29, 1.82) is 0 Å². The second-order valence-electron chi connectivity index (χ2n) is 8.04. The molecule has 108 valence electrons. The average molecular weight is 264 g/mol. The summed E-state index contributed by atoms with van der Waals surface area (Å²) in [5.74, 6) is 2.77. The van der Waals surface area contributed by atoms with Crippen LogP contribution in [0.4, 0.5) is 0 Å². The van der Waals surface area contributed by atoms with E-state index in [1.807, 2.05) is 0 Å². The van der Waals surface area contributed by atoms with E-state index in [9.17, 15) is 5.11 Å². The van der Waals surface area contributed by atoms with Crippen molar-refractivity contribution < 1.29 is 9.84 Å². The monoisotopic (exact) mass is 264 g/mol. The third-order valence-electron chi connectivity index (χ3n) is 6.58. The second-order valence-corrected chi connectivity index (χ2v) is 8.04. The molecule has 5 aliphatic carbocycles. The van der Waals surface area contributed by atoms with E-state index in [0.717, 1.165) is 17.8 Å². The molecule has 5 aliphatic rings. The number of rotatable bonds is 4. The highest BCUT2D eigenvalue weighted by atomic mass is 16.5. The summed E-state index contributed by atoms with van der Waals surface area (Å²) in [6, 6.07) is 0. The summed E-state index contributed by atoms with van der Waals surface area (Å²) in [7, 11) is 0. The Kier molecular flexibility index (Phi) is 3.15. The second kappa shape index (κ2) is 4.73. The van der Waals surface area contributed by atoms with Crippen LogP contribution in [-0.2, 0) is 4.74 Å². The highest BCUT2D eigenvalue weighted by molar-refractivity contribution is 5.04. The average Bonchev–Trinajstić information content (AvgIpc) is 2.87. The molecule has 2 heteroatoms. The van der Waals surface area contributed by atoms with E-state index in [2.05, 4.69) is 0 Å². The van der Waals surface area contributed by atoms with Gasteiger partial charge in [0.15, 0.2) is 0 Å². The van der Waals surface area contributed by atoms with Gasteiger partial charge in [-0.15, -0.1) is 0 Å². The molecule has 1 unspecified atom stereocenters. The number of aliphatic hydroxyl groups excluding tert-OH is 1. The van der Waals surface area contributed by atoms with Crippen LogP contribution < -0.4 is 0 Å². The van der Waals surface area contributed by atoms with Crippen molar-refractivity contribution in [3.8, 4) is 0 Å². The lowest BCUT2D eigenvalue weighted by atomic mass is 9.48.